The van der Waals surface area contributed by atoms with Crippen LogP contribution in [0.4, 0.5) is 11.5 Å². The Morgan fingerprint density at radius 1 is 1.18 bits per heavy atom. The molecule has 0 atom stereocenters. The topological polar surface area (TPSA) is 165 Å². The van der Waals surface area contributed by atoms with E-state index in [1.807, 2.05) is 0 Å². The molecule has 0 saturated heterocycles. The standard InChI is InChI=1S/C19H18N4O5/c1-2-28-14-8-10(9-4-6-13(24)12(7-9)19(26)27)3-5-11(14)17-22-16(21)15(20)18(25)23-17/h3-8,24H,2,20H2,1H3,(H,26,27)(H3,21,22,23,25). The van der Waals surface area contributed by atoms with Crippen molar-refractivity contribution in [1.82, 2.24) is 9.97 Å². The molecular formula is C19H18N4O5. The van der Waals surface area contributed by atoms with Crippen molar-refractivity contribution in [2.75, 3.05) is 18.1 Å². The minimum atomic E-state index is -1.24. The first-order chi connectivity index (χ1) is 13.3. The van der Waals surface area contributed by atoms with Crippen molar-refractivity contribution >= 4 is 17.5 Å². The highest BCUT2D eigenvalue weighted by Gasteiger charge is 2.15. The maximum atomic E-state index is 11.9. The minimum absolute atomic E-state index is 0.0880. The molecule has 0 unspecified atom stereocenters. The fourth-order valence-corrected chi connectivity index (χ4v) is 2.69. The molecule has 0 spiro atoms. The lowest BCUT2D eigenvalue weighted by Crippen LogP contribution is -2.17. The molecule has 0 fully saturated rings. The number of phenols is 1. The van der Waals surface area contributed by atoms with Crippen LogP contribution < -0.4 is 21.8 Å². The molecule has 2 aromatic carbocycles. The summed E-state index contributed by atoms with van der Waals surface area (Å²) in [6, 6.07) is 9.33. The van der Waals surface area contributed by atoms with Crippen LogP contribution in [0.5, 0.6) is 11.5 Å². The van der Waals surface area contributed by atoms with Gasteiger partial charge in [-0.3, -0.25) is 4.79 Å². The highest BCUT2D eigenvalue weighted by Crippen LogP contribution is 2.34. The van der Waals surface area contributed by atoms with E-state index >= 15 is 0 Å². The van der Waals surface area contributed by atoms with Gasteiger partial charge >= 0.3 is 5.97 Å². The van der Waals surface area contributed by atoms with Crippen LogP contribution in [0.3, 0.4) is 0 Å². The van der Waals surface area contributed by atoms with Crippen LogP contribution in [0, 0.1) is 0 Å². The monoisotopic (exact) mass is 382 g/mol. The van der Waals surface area contributed by atoms with Crippen LogP contribution in [-0.4, -0.2) is 32.8 Å². The molecule has 1 aromatic heterocycles. The number of nitrogens with zero attached hydrogens (tertiary/aromatic N) is 1. The molecule has 9 nitrogen and oxygen atoms in total. The molecule has 7 N–H and O–H groups in total. The first kappa shape index (κ1) is 18.8. The second-order valence-corrected chi connectivity index (χ2v) is 5.89. The fourth-order valence-electron chi connectivity index (χ4n) is 2.69. The molecule has 3 aromatic rings. The molecule has 144 valence electrons. The Bertz CT molecular complexity index is 1120. The number of carboxylic acids is 1. The van der Waals surface area contributed by atoms with Gasteiger partial charge in [0.25, 0.3) is 5.56 Å². The van der Waals surface area contributed by atoms with E-state index in [9.17, 15) is 19.8 Å². The third kappa shape index (κ3) is 3.45. The Morgan fingerprint density at radius 2 is 1.86 bits per heavy atom. The summed E-state index contributed by atoms with van der Waals surface area (Å²) >= 11 is 0. The average molecular weight is 382 g/mol. The molecule has 28 heavy (non-hydrogen) atoms. The van der Waals surface area contributed by atoms with Gasteiger partial charge in [0.2, 0.25) is 0 Å². The Labute approximate surface area is 159 Å². The van der Waals surface area contributed by atoms with E-state index in [0.29, 0.717) is 29.0 Å². The molecule has 0 saturated carbocycles. The number of carbonyl (C=O) groups is 1. The van der Waals surface area contributed by atoms with Crippen LogP contribution in [0.1, 0.15) is 17.3 Å². The van der Waals surface area contributed by atoms with E-state index in [2.05, 4.69) is 9.97 Å². The molecule has 0 radical (unpaired) electrons. The maximum Gasteiger partial charge on any atom is 0.339 e. The molecule has 0 bridgehead atoms. The van der Waals surface area contributed by atoms with E-state index in [1.54, 1.807) is 31.2 Å². The summed E-state index contributed by atoms with van der Waals surface area (Å²) in [5.74, 6) is -1.03. The summed E-state index contributed by atoms with van der Waals surface area (Å²) in [5, 5.41) is 18.9. The van der Waals surface area contributed by atoms with Crippen molar-refractivity contribution in [3.8, 4) is 34.0 Å². The van der Waals surface area contributed by atoms with Crippen molar-refractivity contribution in [3.05, 3.63) is 52.3 Å². The number of anilines is 2. The summed E-state index contributed by atoms with van der Waals surface area (Å²) in [7, 11) is 0. The van der Waals surface area contributed by atoms with Crippen LogP contribution in [0.2, 0.25) is 0 Å². The highest BCUT2D eigenvalue weighted by molar-refractivity contribution is 5.92. The average Bonchev–Trinajstić information content (AvgIpc) is 2.66. The number of aromatic nitrogens is 2. The van der Waals surface area contributed by atoms with Gasteiger partial charge in [-0.1, -0.05) is 12.1 Å². The SMILES string of the molecule is CCOc1cc(-c2ccc(O)c(C(=O)O)c2)ccc1-c1nc(N)c(N)c(=O)[nH]1. The third-order valence-electron chi connectivity index (χ3n) is 4.08. The summed E-state index contributed by atoms with van der Waals surface area (Å²) in [6.07, 6.45) is 0. The smallest absolute Gasteiger partial charge is 0.339 e. The molecule has 3 rings (SSSR count). The van der Waals surface area contributed by atoms with Gasteiger partial charge < -0.3 is 31.4 Å². The third-order valence-corrected chi connectivity index (χ3v) is 4.08. The number of aromatic hydroxyl groups is 1. The van der Waals surface area contributed by atoms with Crippen LogP contribution in [0.25, 0.3) is 22.5 Å². The molecule has 0 aliphatic heterocycles. The van der Waals surface area contributed by atoms with Gasteiger partial charge in [0.15, 0.2) is 5.82 Å². The molecule has 0 aliphatic carbocycles. The lowest BCUT2D eigenvalue weighted by Gasteiger charge is -2.13. The van der Waals surface area contributed by atoms with Gasteiger partial charge in [-0.25, -0.2) is 9.78 Å². The molecule has 0 amide bonds. The van der Waals surface area contributed by atoms with Crippen molar-refractivity contribution in [2.45, 2.75) is 6.92 Å². The van der Waals surface area contributed by atoms with E-state index < -0.39 is 11.5 Å². The van der Waals surface area contributed by atoms with Gasteiger partial charge in [0.1, 0.15) is 28.6 Å². The van der Waals surface area contributed by atoms with Crippen molar-refractivity contribution in [3.63, 3.8) is 0 Å². The summed E-state index contributed by atoms with van der Waals surface area (Å²) < 4.78 is 5.67. The van der Waals surface area contributed by atoms with Crippen molar-refractivity contribution in [2.24, 2.45) is 0 Å². The van der Waals surface area contributed by atoms with Gasteiger partial charge in [-0.15, -0.1) is 0 Å². The Hall–Kier alpha value is -4.01. The van der Waals surface area contributed by atoms with E-state index in [0.717, 1.165) is 0 Å². The molecule has 9 heteroatoms. The van der Waals surface area contributed by atoms with Crippen molar-refractivity contribution < 1.29 is 19.7 Å². The number of aromatic carboxylic acids is 1. The second kappa shape index (κ2) is 7.31. The highest BCUT2D eigenvalue weighted by atomic mass is 16.5. The van der Waals surface area contributed by atoms with E-state index in [1.165, 1.54) is 12.1 Å². The number of H-pyrrole nitrogens is 1. The number of nitrogens with one attached hydrogen (secondary N) is 1. The quantitative estimate of drug-likeness (QED) is 0.447. The number of ether oxygens (including phenoxy) is 1. The predicted molar refractivity (Wildman–Crippen MR) is 104 cm³/mol. The summed E-state index contributed by atoms with van der Waals surface area (Å²) in [5.41, 5.74) is 12.0. The Balaban J connectivity index is 2.14. The number of rotatable bonds is 5. The molecular weight excluding hydrogens is 364 g/mol. The predicted octanol–water partition coefficient (Wildman–Crippen LogP) is 2.07. The normalized spacial score (nSPS) is 10.6. The lowest BCUT2D eigenvalue weighted by atomic mass is 10.00. The number of hydrogen-bond donors (Lipinski definition) is 5. The van der Waals surface area contributed by atoms with Crippen LogP contribution in [-0.2, 0) is 0 Å². The van der Waals surface area contributed by atoms with Gasteiger partial charge in [0, 0.05) is 0 Å². The number of carboxylic acid groups (broad SMARTS) is 1. The number of hydrogen-bond acceptors (Lipinski definition) is 7. The zero-order valence-corrected chi connectivity index (χ0v) is 14.9. The number of nitrogens with two attached hydrogens (primary N) is 2. The van der Waals surface area contributed by atoms with Gasteiger partial charge in [0.05, 0.1) is 12.2 Å². The largest absolute Gasteiger partial charge is 0.507 e. The first-order valence-corrected chi connectivity index (χ1v) is 8.31. The zero-order valence-electron chi connectivity index (χ0n) is 14.9. The summed E-state index contributed by atoms with van der Waals surface area (Å²) in [6.45, 7) is 2.15. The second-order valence-electron chi connectivity index (χ2n) is 5.89. The Kier molecular flexibility index (Phi) is 4.90. The van der Waals surface area contributed by atoms with E-state index in [-0.39, 0.29) is 28.6 Å². The number of nitrogen functional groups attached to an aromatic ring is 2. The minimum Gasteiger partial charge on any atom is -0.507 e. The summed E-state index contributed by atoms with van der Waals surface area (Å²) in [4.78, 5) is 29.8. The van der Waals surface area contributed by atoms with E-state index in [4.69, 9.17) is 16.2 Å². The Morgan fingerprint density at radius 3 is 2.50 bits per heavy atom. The molecule has 1 heterocycles. The van der Waals surface area contributed by atoms with Gasteiger partial charge in [-0.2, -0.15) is 0 Å². The number of aromatic amines is 1. The molecule has 0 aliphatic rings. The van der Waals surface area contributed by atoms with Gasteiger partial charge in [-0.05, 0) is 42.3 Å². The van der Waals surface area contributed by atoms with Crippen molar-refractivity contribution in [1.29, 1.82) is 0 Å². The lowest BCUT2D eigenvalue weighted by molar-refractivity contribution is 0.0694. The zero-order chi connectivity index (χ0) is 20.4. The van der Waals surface area contributed by atoms with Crippen LogP contribution >= 0.6 is 0 Å². The number of benzene rings is 2. The maximum absolute atomic E-state index is 11.9. The van der Waals surface area contributed by atoms with Crippen LogP contribution in [0.15, 0.2) is 41.2 Å². The first-order valence-electron chi connectivity index (χ1n) is 8.31. The fraction of sp³-hybridized carbons (Fsp3) is 0.105.